The van der Waals surface area contributed by atoms with Gasteiger partial charge in [-0.05, 0) is 51.6 Å². The summed E-state index contributed by atoms with van der Waals surface area (Å²) in [5, 5.41) is 3.33. The summed E-state index contributed by atoms with van der Waals surface area (Å²) in [6.45, 7) is 5.41. The number of nitrogens with one attached hydrogen (secondary N) is 2. The van der Waals surface area contributed by atoms with Crippen LogP contribution in [0.3, 0.4) is 0 Å². The van der Waals surface area contributed by atoms with Crippen LogP contribution in [0, 0.1) is 5.92 Å². The highest BCUT2D eigenvalue weighted by Gasteiger charge is 2.29. The minimum atomic E-state index is -3.21. The fourth-order valence-electron chi connectivity index (χ4n) is 2.57. The highest BCUT2D eigenvalue weighted by atomic mass is 32.2. The molecule has 1 atom stereocenters. The normalized spacial score (nSPS) is 31.5. The van der Waals surface area contributed by atoms with E-state index in [9.17, 15) is 8.42 Å². The van der Waals surface area contributed by atoms with Gasteiger partial charge in [0.1, 0.15) is 0 Å². The zero-order valence-electron chi connectivity index (χ0n) is 10.5. The Labute approximate surface area is 104 Å². The lowest BCUT2D eigenvalue weighted by molar-refractivity contribution is 0.290. The van der Waals surface area contributed by atoms with Crippen molar-refractivity contribution in [3.63, 3.8) is 0 Å². The van der Waals surface area contributed by atoms with Gasteiger partial charge >= 0.3 is 0 Å². The standard InChI is InChI=1S/C11H23N3O2S/c1-10-4-8-14(17(15,16)13-10)9-5-11-2-6-12-7-3-11/h10-13H,2-9H2,1H3. The molecule has 0 spiro atoms. The van der Waals surface area contributed by atoms with E-state index < -0.39 is 10.2 Å². The Kier molecular flexibility index (Phi) is 4.41. The molecule has 2 N–H and O–H groups in total. The third-order valence-corrected chi connectivity index (χ3v) is 5.49. The molecule has 2 aliphatic rings. The first-order chi connectivity index (χ1) is 8.08. The maximum atomic E-state index is 11.9. The van der Waals surface area contributed by atoms with Crippen LogP contribution in [0.4, 0.5) is 0 Å². The minimum Gasteiger partial charge on any atom is -0.317 e. The molecule has 2 fully saturated rings. The van der Waals surface area contributed by atoms with Gasteiger partial charge in [0.2, 0.25) is 0 Å². The Morgan fingerprint density at radius 2 is 1.94 bits per heavy atom. The van der Waals surface area contributed by atoms with Gasteiger partial charge in [-0.25, -0.2) is 0 Å². The van der Waals surface area contributed by atoms with Crippen LogP contribution in [0.2, 0.25) is 0 Å². The smallest absolute Gasteiger partial charge is 0.279 e. The Morgan fingerprint density at radius 1 is 1.24 bits per heavy atom. The highest BCUT2D eigenvalue weighted by molar-refractivity contribution is 7.87. The van der Waals surface area contributed by atoms with Gasteiger partial charge in [-0.15, -0.1) is 0 Å². The molecule has 100 valence electrons. The van der Waals surface area contributed by atoms with Crippen molar-refractivity contribution in [2.45, 2.75) is 38.6 Å². The van der Waals surface area contributed by atoms with Crippen LogP contribution >= 0.6 is 0 Å². The van der Waals surface area contributed by atoms with E-state index in [0.717, 1.165) is 25.9 Å². The van der Waals surface area contributed by atoms with Crippen LogP contribution in [0.1, 0.15) is 32.6 Å². The van der Waals surface area contributed by atoms with E-state index >= 15 is 0 Å². The lowest BCUT2D eigenvalue weighted by atomic mass is 9.95. The summed E-state index contributed by atoms with van der Waals surface area (Å²) in [6.07, 6.45) is 4.26. The van der Waals surface area contributed by atoms with Gasteiger partial charge in [-0.1, -0.05) is 0 Å². The average molecular weight is 261 g/mol. The van der Waals surface area contributed by atoms with Crippen molar-refractivity contribution in [3.05, 3.63) is 0 Å². The molecule has 6 heteroatoms. The maximum Gasteiger partial charge on any atom is 0.279 e. The lowest BCUT2D eigenvalue weighted by Crippen LogP contribution is -2.51. The van der Waals surface area contributed by atoms with E-state index in [1.54, 1.807) is 4.31 Å². The van der Waals surface area contributed by atoms with E-state index in [0.29, 0.717) is 19.0 Å². The van der Waals surface area contributed by atoms with Crippen LogP contribution < -0.4 is 10.0 Å². The second kappa shape index (κ2) is 5.65. The van der Waals surface area contributed by atoms with Crippen molar-refractivity contribution < 1.29 is 8.42 Å². The highest BCUT2D eigenvalue weighted by Crippen LogP contribution is 2.18. The minimum absolute atomic E-state index is 0.0788. The van der Waals surface area contributed by atoms with Crippen LogP contribution in [-0.2, 0) is 10.2 Å². The molecule has 2 aliphatic heterocycles. The molecule has 0 aromatic rings. The Bertz CT molecular complexity index is 339. The van der Waals surface area contributed by atoms with Crippen molar-refractivity contribution in [3.8, 4) is 0 Å². The fraction of sp³-hybridized carbons (Fsp3) is 1.00. The predicted molar refractivity (Wildman–Crippen MR) is 67.9 cm³/mol. The summed E-state index contributed by atoms with van der Waals surface area (Å²) >= 11 is 0. The van der Waals surface area contributed by atoms with Crippen LogP contribution in [0.15, 0.2) is 0 Å². The third-order valence-electron chi connectivity index (χ3n) is 3.75. The van der Waals surface area contributed by atoms with Crippen molar-refractivity contribution in [1.82, 2.24) is 14.3 Å². The summed E-state index contributed by atoms with van der Waals surface area (Å²) in [5.41, 5.74) is 0. The van der Waals surface area contributed by atoms with Gasteiger partial charge in [-0.2, -0.15) is 17.4 Å². The molecule has 1 unspecified atom stereocenters. The number of rotatable bonds is 3. The maximum absolute atomic E-state index is 11.9. The topological polar surface area (TPSA) is 61.4 Å². The summed E-state index contributed by atoms with van der Waals surface area (Å²) in [6, 6.07) is 0.0788. The molecule has 0 aromatic carbocycles. The SMILES string of the molecule is CC1CCN(CCC2CCNCC2)S(=O)(=O)N1. The van der Waals surface area contributed by atoms with Gasteiger partial charge < -0.3 is 5.32 Å². The Morgan fingerprint density at radius 3 is 2.59 bits per heavy atom. The molecule has 0 saturated carbocycles. The average Bonchev–Trinajstić information content (AvgIpc) is 2.28. The molecule has 17 heavy (non-hydrogen) atoms. The monoisotopic (exact) mass is 261 g/mol. The second-order valence-corrected chi connectivity index (χ2v) is 6.90. The molecule has 0 aromatic heterocycles. The molecular formula is C11H23N3O2S. The molecule has 0 bridgehead atoms. The van der Waals surface area contributed by atoms with E-state index in [-0.39, 0.29) is 6.04 Å². The molecule has 5 nitrogen and oxygen atoms in total. The quantitative estimate of drug-likeness (QED) is 0.768. The number of hydrogen-bond donors (Lipinski definition) is 2. The predicted octanol–water partition coefficient (Wildman–Crippen LogP) is 0.305. The molecular weight excluding hydrogens is 238 g/mol. The third kappa shape index (κ3) is 3.64. The molecule has 0 radical (unpaired) electrons. The van der Waals surface area contributed by atoms with E-state index in [4.69, 9.17) is 0 Å². The van der Waals surface area contributed by atoms with Gasteiger partial charge in [0.05, 0.1) is 0 Å². The largest absolute Gasteiger partial charge is 0.317 e. The molecule has 2 heterocycles. The van der Waals surface area contributed by atoms with Crippen molar-refractivity contribution in [2.75, 3.05) is 26.2 Å². The molecule has 2 rings (SSSR count). The van der Waals surface area contributed by atoms with Gasteiger partial charge in [0.25, 0.3) is 10.2 Å². The summed E-state index contributed by atoms with van der Waals surface area (Å²) in [4.78, 5) is 0. The van der Waals surface area contributed by atoms with E-state index in [1.165, 1.54) is 12.8 Å². The van der Waals surface area contributed by atoms with Crippen LogP contribution in [0.5, 0.6) is 0 Å². The number of piperidine rings is 1. The van der Waals surface area contributed by atoms with E-state index in [2.05, 4.69) is 10.0 Å². The van der Waals surface area contributed by atoms with E-state index in [1.807, 2.05) is 6.92 Å². The first-order valence-electron chi connectivity index (χ1n) is 6.56. The summed E-state index contributed by atoms with van der Waals surface area (Å²) < 4.78 is 28.0. The summed E-state index contributed by atoms with van der Waals surface area (Å²) in [5.74, 6) is 0.686. The zero-order chi connectivity index (χ0) is 12.3. The first-order valence-corrected chi connectivity index (χ1v) is 8.00. The lowest BCUT2D eigenvalue weighted by Gasteiger charge is -2.32. The Hall–Kier alpha value is -0.170. The molecule has 0 amide bonds. The number of hydrogen-bond acceptors (Lipinski definition) is 3. The fourth-order valence-corrected chi connectivity index (χ4v) is 4.04. The number of nitrogens with zero attached hydrogens (tertiary/aromatic N) is 1. The van der Waals surface area contributed by atoms with Gasteiger partial charge in [-0.3, -0.25) is 0 Å². The van der Waals surface area contributed by atoms with Gasteiger partial charge in [0.15, 0.2) is 0 Å². The van der Waals surface area contributed by atoms with Crippen LogP contribution in [0.25, 0.3) is 0 Å². The zero-order valence-corrected chi connectivity index (χ0v) is 11.3. The Balaban J connectivity index is 1.82. The van der Waals surface area contributed by atoms with Crippen LogP contribution in [-0.4, -0.2) is 44.9 Å². The molecule has 2 saturated heterocycles. The van der Waals surface area contributed by atoms with Crippen molar-refractivity contribution in [1.29, 1.82) is 0 Å². The molecule has 0 aliphatic carbocycles. The van der Waals surface area contributed by atoms with Crippen molar-refractivity contribution >= 4 is 10.2 Å². The van der Waals surface area contributed by atoms with Crippen molar-refractivity contribution in [2.24, 2.45) is 5.92 Å². The second-order valence-electron chi connectivity index (χ2n) is 5.19. The van der Waals surface area contributed by atoms with Gasteiger partial charge in [0, 0.05) is 19.1 Å². The summed E-state index contributed by atoms with van der Waals surface area (Å²) in [7, 11) is -3.21. The first kappa shape index (κ1) is 13.3.